The van der Waals surface area contributed by atoms with E-state index in [0.717, 1.165) is 5.56 Å². The van der Waals surface area contributed by atoms with E-state index in [1.807, 2.05) is 19.9 Å². The number of piperidine rings is 1. The van der Waals surface area contributed by atoms with Crippen molar-refractivity contribution < 1.29 is 12.8 Å². The number of rotatable bonds is 3. The van der Waals surface area contributed by atoms with Gasteiger partial charge in [0.1, 0.15) is 11.1 Å². The van der Waals surface area contributed by atoms with Gasteiger partial charge < -0.3 is 0 Å². The molecule has 6 heteroatoms. The number of hydrogen-bond acceptors (Lipinski definition) is 2. The molecule has 112 valence electrons. The first-order chi connectivity index (χ1) is 9.32. The average Bonchev–Trinajstić information content (AvgIpc) is 2.38. The van der Waals surface area contributed by atoms with E-state index in [1.54, 1.807) is 12.1 Å². The van der Waals surface area contributed by atoms with Crippen molar-refractivity contribution in [3.63, 3.8) is 0 Å². The molecule has 0 bridgehead atoms. The molecule has 3 nitrogen and oxygen atoms in total. The molecule has 1 aliphatic heterocycles. The maximum Gasteiger partial charge on any atom is 0.244 e. The quantitative estimate of drug-likeness (QED) is 0.854. The first kappa shape index (κ1) is 15.7. The van der Waals surface area contributed by atoms with E-state index >= 15 is 0 Å². The molecule has 0 N–H and O–H groups in total. The van der Waals surface area contributed by atoms with E-state index in [9.17, 15) is 12.8 Å². The van der Waals surface area contributed by atoms with Crippen molar-refractivity contribution >= 4 is 21.6 Å². The van der Waals surface area contributed by atoms with Crippen molar-refractivity contribution in [2.45, 2.75) is 43.7 Å². The van der Waals surface area contributed by atoms with Gasteiger partial charge in [0.2, 0.25) is 10.0 Å². The second-order valence-electron chi connectivity index (χ2n) is 5.45. The molecule has 1 saturated heterocycles. The van der Waals surface area contributed by atoms with Gasteiger partial charge in [-0.15, -0.1) is 0 Å². The van der Waals surface area contributed by atoms with E-state index in [0.29, 0.717) is 19.4 Å². The van der Waals surface area contributed by atoms with Gasteiger partial charge in [0.25, 0.3) is 0 Å². The van der Waals surface area contributed by atoms with Crippen LogP contribution in [0.4, 0.5) is 4.39 Å². The number of alkyl halides is 1. The number of halogens is 2. The minimum atomic E-state index is -3.72. The zero-order valence-electron chi connectivity index (χ0n) is 11.6. The summed E-state index contributed by atoms with van der Waals surface area (Å²) in [4.78, 5) is 0.0828. The van der Waals surface area contributed by atoms with Gasteiger partial charge in [-0.25, -0.2) is 12.8 Å². The molecule has 2 rings (SSSR count). The Hall–Kier alpha value is -0.650. The van der Waals surface area contributed by atoms with Crippen LogP contribution in [0.1, 0.15) is 38.2 Å². The van der Waals surface area contributed by atoms with Crippen molar-refractivity contribution in [2.75, 3.05) is 13.1 Å². The molecule has 1 fully saturated rings. The number of sulfonamides is 1. The predicted molar refractivity (Wildman–Crippen MR) is 78.4 cm³/mol. The molecule has 1 unspecified atom stereocenters. The van der Waals surface area contributed by atoms with Crippen molar-refractivity contribution in [1.82, 2.24) is 4.31 Å². The second kappa shape index (κ2) is 6.00. The summed E-state index contributed by atoms with van der Waals surface area (Å²) in [6.07, 6.45) is -0.126. The topological polar surface area (TPSA) is 37.4 Å². The maximum absolute atomic E-state index is 13.4. The van der Waals surface area contributed by atoms with E-state index in [2.05, 4.69) is 0 Å². The Morgan fingerprint density at radius 1 is 1.40 bits per heavy atom. The first-order valence-corrected chi connectivity index (χ1v) is 8.58. The van der Waals surface area contributed by atoms with E-state index in [4.69, 9.17) is 11.6 Å². The molecule has 1 aromatic carbocycles. The number of benzene rings is 1. The summed E-state index contributed by atoms with van der Waals surface area (Å²) < 4.78 is 39.9. The lowest BCUT2D eigenvalue weighted by molar-refractivity contribution is 0.203. The molecule has 0 saturated carbocycles. The van der Waals surface area contributed by atoms with Gasteiger partial charge in [-0.1, -0.05) is 31.5 Å². The summed E-state index contributed by atoms with van der Waals surface area (Å²) in [5.74, 6) is 0.205. The van der Waals surface area contributed by atoms with E-state index in [-0.39, 0.29) is 22.4 Å². The van der Waals surface area contributed by atoms with E-state index < -0.39 is 16.2 Å². The van der Waals surface area contributed by atoms with Crippen LogP contribution >= 0.6 is 11.6 Å². The molecule has 20 heavy (non-hydrogen) atoms. The fraction of sp³-hybridized carbons (Fsp3) is 0.571. The molecule has 0 amide bonds. The van der Waals surface area contributed by atoms with Crippen LogP contribution in [0.2, 0.25) is 5.02 Å². The van der Waals surface area contributed by atoms with Gasteiger partial charge in [-0.2, -0.15) is 4.31 Å². The van der Waals surface area contributed by atoms with Crippen LogP contribution in [0, 0.1) is 0 Å². The molecule has 0 radical (unpaired) electrons. The third-order valence-electron chi connectivity index (χ3n) is 3.57. The zero-order chi connectivity index (χ0) is 14.9. The largest absolute Gasteiger partial charge is 0.246 e. The lowest BCUT2D eigenvalue weighted by Gasteiger charge is -2.28. The Morgan fingerprint density at radius 3 is 2.70 bits per heavy atom. The van der Waals surface area contributed by atoms with Crippen LogP contribution in [0.5, 0.6) is 0 Å². The first-order valence-electron chi connectivity index (χ1n) is 6.76. The maximum atomic E-state index is 13.4. The lowest BCUT2D eigenvalue weighted by atomic mass is 10.0. The van der Waals surface area contributed by atoms with Gasteiger partial charge in [-0.3, -0.25) is 0 Å². The lowest BCUT2D eigenvalue weighted by Crippen LogP contribution is -2.40. The zero-order valence-corrected chi connectivity index (χ0v) is 13.2. The highest BCUT2D eigenvalue weighted by Gasteiger charge is 2.31. The monoisotopic (exact) mass is 319 g/mol. The van der Waals surface area contributed by atoms with Crippen LogP contribution in [0.25, 0.3) is 0 Å². The van der Waals surface area contributed by atoms with Crippen molar-refractivity contribution in [3.05, 3.63) is 28.8 Å². The third-order valence-corrected chi connectivity index (χ3v) is 5.91. The molecule has 0 aromatic heterocycles. The second-order valence-corrected chi connectivity index (χ2v) is 7.76. The molecular formula is C14H19ClFNO2S. The van der Waals surface area contributed by atoms with Crippen LogP contribution in [0.15, 0.2) is 23.1 Å². The molecule has 1 aliphatic rings. The highest BCUT2D eigenvalue weighted by Crippen LogP contribution is 2.30. The van der Waals surface area contributed by atoms with Gasteiger partial charge in [0.15, 0.2) is 0 Å². The average molecular weight is 320 g/mol. The predicted octanol–water partition coefficient (Wildman–Crippen LogP) is 3.59. The minimum Gasteiger partial charge on any atom is -0.246 e. The van der Waals surface area contributed by atoms with Gasteiger partial charge in [0.05, 0.1) is 5.02 Å². The van der Waals surface area contributed by atoms with Crippen LogP contribution in [-0.2, 0) is 10.0 Å². The van der Waals surface area contributed by atoms with Crippen molar-refractivity contribution in [3.8, 4) is 0 Å². The molecular weight excluding hydrogens is 301 g/mol. The fourth-order valence-corrected chi connectivity index (χ4v) is 4.34. The molecule has 1 heterocycles. The standard InChI is InChI=1S/C14H19ClFNO2S/c1-10(2)11-5-6-13(15)14(8-11)20(18,19)17-7-3-4-12(16)9-17/h5-6,8,10,12H,3-4,7,9H2,1-2H3. The smallest absolute Gasteiger partial charge is 0.244 e. The molecule has 1 atom stereocenters. The Balaban J connectivity index is 2.40. The van der Waals surface area contributed by atoms with Crippen LogP contribution in [0.3, 0.4) is 0 Å². The third kappa shape index (κ3) is 3.15. The van der Waals surface area contributed by atoms with Gasteiger partial charge in [0, 0.05) is 13.1 Å². The Labute approximate surface area is 124 Å². The summed E-state index contributed by atoms with van der Waals surface area (Å²) in [6, 6.07) is 5.02. The molecule has 0 spiro atoms. The summed E-state index contributed by atoms with van der Waals surface area (Å²) >= 11 is 6.04. The minimum absolute atomic E-state index is 0.0788. The number of hydrogen-bond donors (Lipinski definition) is 0. The highest BCUT2D eigenvalue weighted by atomic mass is 35.5. The Kier molecular flexibility index (Phi) is 4.72. The van der Waals surface area contributed by atoms with Gasteiger partial charge in [-0.05, 0) is 36.5 Å². The molecule has 1 aromatic rings. The Bertz CT molecular complexity index is 589. The summed E-state index contributed by atoms with van der Waals surface area (Å²) in [7, 11) is -3.72. The van der Waals surface area contributed by atoms with Gasteiger partial charge >= 0.3 is 0 Å². The summed E-state index contributed by atoms with van der Waals surface area (Å²) in [5.41, 5.74) is 0.904. The van der Waals surface area contributed by atoms with Crippen molar-refractivity contribution in [1.29, 1.82) is 0 Å². The van der Waals surface area contributed by atoms with E-state index in [1.165, 1.54) is 4.31 Å². The van der Waals surface area contributed by atoms with Crippen LogP contribution < -0.4 is 0 Å². The normalized spacial score (nSPS) is 21.4. The van der Waals surface area contributed by atoms with Crippen LogP contribution in [-0.4, -0.2) is 32.0 Å². The highest BCUT2D eigenvalue weighted by molar-refractivity contribution is 7.89. The van der Waals surface area contributed by atoms with Crippen molar-refractivity contribution in [2.24, 2.45) is 0 Å². The number of nitrogens with zero attached hydrogens (tertiary/aromatic N) is 1. The fourth-order valence-electron chi connectivity index (χ4n) is 2.33. The summed E-state index contributed by atoms with van der Waals surface area (Å²) in [6.45, 7) is 4.24. The SMILES string of the molecule is CC(C)c1ccc(Cl)c(S(=O)(=O)N2CCCC(F)C2)c1. The Morgan fingerprint density at radius 2 is 2.10 bits per heavy atom. The molecule has 0 aliphatic carbocycles. The summed E-state index contributed by atoms with van der Waals surface area (Å²) in [5, 5.41) is 0.190.